The third-order valence-corrected chi connectivity index (χ3v) is 6.42. The quantitative estimate of drug-likeness (QED) is 0.197. The molecular formula is C24H25N3O8S. The van der Waals surface area contributed by atoms with Crippen molar-refractivity contribution in [3.63, 3.8) is 0 Å². The molecule has 2 heterocycles. The number of aromatic hydroxyl groups is 1. The van der Waals surface area contributed by atoms with E-state index in [1.165, 1.54) is 24.3 Å². The maximum absolute atomic E-state index is 13.2. The summed E-state index contributed by atoms with van der Waals surface area (Å²) in [4.78, 5) is 49.3. The van der Waals surface area contributed by atoms with Crippen LogP contribution in [0.3, 0.4) is 0 Å². The predicted octanol–water partition coefficient (Wildman–Crippen LogP) is 3.13. The Labute approximate surface area is 210 Å². The number of thiophene rings is 1. The van der Waals surface area contributed by atoms with Crippen molar-refractivity contribution in [3.05, 3.63) is 79.5 Å². The molecular weight excluding hydrogens is 490 g/mol. The second-order valence-corrected chi connectivity index (χ2v) is 8.79. The number of hydrogen-bond donors (Lipinski definition) is 3. The first-order valence-corrected chi connectivity index (χ1v) is 11.8. The Bertz CT molecular complexity index is 1260. The summed E-state index contributed by atoms with van der Waals surface area (Å²) >= 11 is 0.852. The number of para-hydroxylation sites is 1. The first-order valence-electron chi connectivity index (χ1n) is 11.0. The monoisotopic (exact) mass is 515 g/mol. The van der Waals surface area contributed by atoms with Crippen molar-refractivity contribution in [2.45, 2.75) is 26.7 Å². The van der Waals surface area contributed by atoms with Crippen molar-refractivity contribution in [2.75, 3.05) is 19.8 Å². The maximum atomic E-state index is 13.2. The van der Waals surface area contributed by atoms with E-state index >= 15 is 0 Å². The lowest BCUT2D eigenvalue weighted by Crippen LogP contribution is -2.33. The molecule has 0 unspecified atom stereocenters. The Kier molecular flexibility index (Phi) is 8.43. The van der Waals surface area contributed by atoms with Gasteiger partial charge in [0.2, 0.25) is 0 Å². The second kappa shape index (κ2) is 11.5. The summed E-state index contributed by atoms with van der Waals surface area (Å²) in [6, 6.07) is 8.83. The van der Waals surface area contributed by atoms with Crippen LogP contribution in [0, 0.1) is 10.1 Å². The van der Waals surface area contributed by atoms with E-state index in [2.05, 4.69) is 10.6 Å². The molecule has 0 fully saturated rings. The molecule has 36 heavy (non-hydrogen) atoms. The van der Waals surface area contributed by atoms with Crippen molar-refractivity contribution in [1.82, 2.24) is 10.6 Å². The molecule has 0 saturated carbocycles. The second-order valence-electron chi connectivity index (χ2n) is 7.70. The highest BCUT2D eigenvalue weighted by Gasteiger charge is 2.39. The van der Waals surface area contributed by atoms with E-state index < -0.39 is 28.7 Å². The fourth-order valence-corrected chi connectivity index (χ4v) is 4.71. The number of ether oxygens (including phenoxy) is 2. The molecule has 1 aromatic heterocycles. The highest BCUT2D eigenvalue weighted by atomic mass is 32.1. The minimum atomic E-state index is -0.938. The molecule has 1 amide bonds. The van der Waals surface area contributed by atoms with Crippen molar-refractivity contribution in [2.24, 2.45) is 0 Å². The minimum absolute atomic E-state index is 0.0343. The van der Waals surface area contributed by atoms with Crippen LogP contribution in [0.1, 0.15) is 41.9 Å². The van der Waals surface area contributed by atoms with Gasteiger partial charge in [-0.05, 0) is 39.0 Å². The molecule has 1 atom stereocenters. The standard InChI is InChI=1S/C24H25N3O8S/c1-4-34-23(30)19-13(2)26-14(3)20(21(19)17-9-10-18(36-17)27(32)33)24(31)35-12-11-25-22(29)15-7-5-6-8-16(15)28/h5-10,21,26,28H,4,11-12H2,1-3H3,(H,25,29)/t21-/m0/s1. The number of carbonyl (C=O) groups excluding carboxylic acids is 3. The Hall–Kier alpha value is -4.19. The lowest BCUT2D eigenvalue weighted by molar-refractivity contribution is -0.380. The first-order chi connectivity index (χ1) is 17.1. The number of allylic oxidation sites excluding steroid dienone is 2. The molecule has 0 aliphatic carbocycles. The number of phenols is 1. The molecule has 0 spiro atoms. The number of phenolic OH excluding ortho intramolecular Hbond substituents is 1. The van der Waals surface area contributed by atoms with Gasteiger partial charge in [-0.1, -0.05) is 23.5 Å². The van der Waals surface area contributed by atoms with Gasteiger partial charge in [0.15, 0.2) is 0 Å². The zero-order valence-electron chi connectivity index (χ0n) is 19.8. The molecule has 0 bridgehead atoms. The van der Waals surface area contributed by atoms with Crippen LogP contribution in [0.4, 0.5) is 5.00 Å². The van der Waals surface area contributed by atoms with Gasteiger partial charge >= 0.3 is 16.9 Å². The maximum Gasteiger partial charge on any atom is 0.336 e. The van der Waals surface area contributed by atoms with Crippen molar-refractivity contribution >= 4 is 34.2 Å². The number of rotatable bonds is 9. The highest BCUT2D eigenvalue weighted by molar-refractivity contribution is 7.15. The number of nitrogens with zero attached hydrogens (tertiary/aromatic N) is 1. The predicted molar refractivity (Wildman–Crippen MR) is 130 cm³/mol. The lowest BCUT2D eigenvalue weighted by atomic mass is 9.84. The summed E-state index contributed by atoms with van der Waals surface area (Å²) in [7, 11) is 0. The number of esters is 2. The number of amides is 1. The van der Waals surface area contributed by atoms with Crippen LogP contribution >= 0.6 is 11.3 Å². The first kappa shape index (κ1) is 26.4. The molecule has 0 radical (unpaired) electrons. The number of nitrogens with one attached hydrogen (secondary N) is 2. The average Bonchev–Trinajstić information content (AvgIpc) is 3.32. The zero-order valence-corrected chi connectivity index (χ0v) is 20.6. The zero-order chi connectivity index (χ0) is 26.4. The summed E-state index contributed by atoms with van der Waals surface area (Å²) in [5.41, 5.74) is 1.22. The number of hydrogen-bond acceptors (Lipinski definition) is 10. The largest absolute Gasteiger partial charge is 0.507 e. The minimum Gasteiger partial charge on any atom is -0.507 e. The summed E-state index contributed by atoms with van der Waals surface area (Å²) < 4.78 is 10.6. The fourth-order valence-electron chi connectivity index (χ4n) is 3.77. The number of benzene rings is 1. The van der Waals surface area contributed by atoms with Crippen LogP contribution in [-0.4, -0.2) is 47.6 Å². The van der Waals surface area contributed by atoms with E-state index in [0.717, 1.165) is 11.3 Å². The summed E-state index contributed by atoms with van der Waals surface area (Å²) in [5.74, 6) is -3.07. The number of carbonyl (C=O) groups is 3. The molecule has 11 nitrogen and oxygen atoms in total. The third kappa shape index (κ3) is 5.71. The Morgan fingerprint density at radius 3 is 2.31 bits per heavy atom. The topological polar surface area (TPSA) is 157 Å². The van der Waals surface area contributed by atoms with E-state index in [9.17, 15) is 29.6 Å². The Morgan fingerprint density at radius 2 is 1.72 bits per heavy atom. The normalized spacial score (nSPS) is 15.2. The van der Waals surface area contributed by atoms with Crippen molar-refractivity contribution in [3.8, 4) is 5.75 Å². The number of nitro groups is 1. The molecule has 0 saturated heterocycles. The molecule has 1 aromatic carbocycles. The average molecular weight is 516 g/mol. The molecule has 12 heteroatoms. The van der Waals surface area contributed by atoms with Crippen LogP contribution < -0.4 is 10.6 Å². The van der Waals surface area contributed by atoms with Gasteiger partial charge in [0.25, 0.3) is 5.91 Å². The highest BCUT2D eigenvalue weighted by Crippen LogP contribution is 2.43. The number of dihydropyridines is 1. The van der Waals surface area contributed by atoms with Gasteiger partial charge in [-0.15, -0.1) is 0 Å². The van der Waals surface area contributed by atoms with Gasteiger partial charge in [-0.3, -0.25) is 14.9 Å². The van der Waals surface area contributed by atoms with E-state index in [1.807, 2.05) is 0 Å². The van der Waals surface area contributed by atoms with Gasteiger partial charge in [-0.25, -0.2) is 9.59 Å². The molecule has 190 valence electrons. The molecule has 3 rings (SSSR count). The van der Waals surface area contributed by atoms with E-state index in [0.29, 0.717) is 16.3 Å². The Balaban J connectivity index is 1.80. The van der Waals surface area contributed by atoms with Crippen LogP contribution in [0.5, 0.6) is 5.75 Å². The van der Waals surface area contributed by atoms with E-state index in [4.69, 9.17) is 9.47 Å². The van der Waals surface area contributed by atoms with Gasteiger partial charge in [0, 0.05) is 22.3 Å². The Morgan fingerprint density at radius 1 is 1.08 bits per heavy atom. The summed E-state index contributed by atoms with van der Waals surface area (Å²) in [6.45, 7) is 4.82. The van der Waals surface area contributed by atoms with E-state index in [1.54, 1.807) is 32.9 Å². The lowest BCUT2D eigenvalue weighted by Gasteiger charge is -2.29. The molecule has 1 aliphatic heterocycles. The van der Waals surface area contributed by atoms with Gasteiger partial charge in [-0.2, -0.15) is 0 Å². The summed E-state index contributed by atoms with van der Waals surface area (Å²) in [6.07, 6.45) is 0. The smallest absolute Gasteiger partial charge is 0.336 e. The molecule has 2 aromatic rings. The van der Waals surface area contributed by atoms with Crippen LogP contribution in [0.2, 0.25) is 0 Å². The third-order valence-electron chi connectivity index (χ3n) is 5.32. The van der Waals surface area contributed by atoms with Crippen LogP contribution in [0.15, 0.2) is 58.9 Å². The van der Waals surface area contributed by atoms with Crippen LogP contribution in [-0.2, 0) is 19.1 Å². The van der Waals surface area contributed by atoms with Gasteiger partial charge in [0.05, 0.1) is 40.7 Å². The van der Waals surface area contributed by atoms with E-state index in [-0.39, 0.29) is 47.2 Å². The van der Waals surface area contributed by atoms with Crippen molar-refractivity contribution in [1.29, 1.82) is 0 Å². The SMILES string of the molecule is CCOC(=O)C1=C(C)NC(C)=C(C(=O)OCCNC(=O)c2ccccc2O)[C@H]1c1ccc([N+](=O)[O-])s1. The van der Waals surface area contributed by atoms with Crippen LogP contribution in [0.25, 0.3) is 0 Å². The molecule has 1 aliphatic rings. The summed E-state index contributed by atoms with van der Waals surface area (Å²) in [5, 5.41) is 26.5. The molecule has 3 N–H and O–H groups in total. The van der Waals surface area contributed by atoms with Gasteiger partial charge < -0.3 is 25.2 Å². The van der Waals surface area contributed by atoms with Gasteiger partial charge in [0.1, 0.15) is 12.4 Å². The van der Waals surface area contributed by atoms with Crippen molar-refractivity contribution < 1.29 is 33.9 Å². The fraction of sp³-hybridized carbons (Fsp3) is 0.292.